The number of thioether (sulfide) groups is 1. The average Bonchev–Trinajstić information content (AvgIpc) is 2.18. The van der Waals surface area contributed by atoms with Crippen molar-refractivity contribution in [3.63, 3.8) is 0 Å². The molecule has 74 valence electrons. The normalized spacial score (nSPS) is 10.6. The lowest BCUT2D eigenvalue weighted by molar-refractivity contribution is -0.136. The summed E-state index contributed by atoms with van der Waals surface area (Å²) in [7, 11) is 0. The molecule has 1 N–H and O–H groups in total. The first-order valence-electron chi connectivity index (χ1n) is 4.33. The highest BCUT2D eigenvalue weighted by molar-refractivity contribution is 7.99. The average molecular weight is 208 g/mol. The van der Waals surface area contributed by atoms with Crippen LogP contribution < -0.4 is 0 Å². The molecule has 0 saturated heterocycles. The summed E-state index contributed by atoms with van der Waals surface area (Å²) in [5, 5.41) is 8.37. The van der Waals surface area contributed by atoms with E-state index in [1.807, 2.05) is 36.4 Å². The Balaban J connectivity index is 2.22. The van der Waals surface area contributed by atoms with E-state index in [1.54, 1.807) is 17.8 Å². The fourth-order valence-electron chi connectivity index (χ4n) is 0.913. The van der Waals surface area contributed by atoms with E-state index in [-0.39, 0.29) is 6.42 Å². The predicted octanol–water partition coefficient (Wildman–Crippen LogP) is 2.81. The minimum absolute atomic E-state index is 0.106. The zero-order chi connectivity index (χ0) is 10.2. The van der Waals surface area contributed by atoms with Crippen molar-refractivity contribution >= 4 is 17.7 Å². The van der Waals surface area contributed by atoms with Gasteiger partial charge in [0.25, 0.3) is 0 Å². The second-order valence-electron chi connectivity index (χ2n) is 2.69. The Kier molecular flexibility index (Phi) is 4.86. The molecule has 14 heavy (non-hydrogen) atoms. The van der Waals surface area contributed by atoms with Crippen LogP contribution in [-0.2, 0) is 4.79 Å². The van der Waals surface area contributed by atoms with Crippen LogP contribution in [0.3, 0.4) is 0 Å². The van der Waals surface area contributed by atoms with E-state index >= 15 is 0 Å². The number of aliphatic carboxylic acids is 1. The number of carbonyl (C=O) groups is 1. The molecule has 0 atom stereocenters. The molecule has 1 aromatic carbocycles. The Hall–Kier alpha value is -1.22. The molecule has 3 heteroatoms. The van der Waals surface area contributed by atoms with Crippen LogP contribution in [0.15, 0.2) is 47.4 Å². The van der Waals surface area contributed by atoms with Gasteiger partial charge in [0.05, 0.1) is 6.42 Å². The van der Waals surface area contributed by atoms with Crippen LogP contribution in [-0.4, -0.2) is 16.8 Å². The number of hydrogen-bond acceptors (Lipinski definition) is 2. The number of benzene rings is 1. The van der Waals surface area contributed by atoms with Crippen LogP contribution in [0.1, 0.15) is 6.42 Å². The van der Waals surface area contributed by atoms with Crippen LogP contribution in [0.25, 0.3) is 0 Å². The lowest BCUT2D eigenvalue weighted by Crippen LogP contribution is -1.89. The summed E-state index contributed by atoms with van der Waals surface area (Å²) in [6.07, 6.45) is 3.67. The Morgan fingerprint density at radius 1 is 1.29 bits per heavy atom. The minimum atomic E-state index is -0.786. The third-order valence-corrected chi connectivity index (χ3v) is 2.51. The SMILES string of the molecule is O=C(O)C/C=C/CSc1ccccc1. The second kappa shape index (κ2) is 6.27. The molecule has 0 unspecified atom stereocenters. The zero-order valence-electron chi connectivity index (χ0n) is 7.72. The fraction of sp³-hybridized carbons (Fsp3) is 0.182. The second-order valence-corrected chi connectivity index (χ2v) is 3.79. The van der Waals surface area contributed by atoms with Crippen molar-refractivity contribution < 1.29 is 9.90 Å². The van der Waals surface area contributed by atoms with Crippen molar-refractivity contribution in [3.8, 4) is 0 Å². The van der Waals surface area contributed by atoms with Gasteiger partial charge in [-0.05, 0) is 12.1 Å². The maximum Gasteiger partial charge on any atom is 0.307 e. The number of rotatable bonds is 5. The maximum absolute atomic E-state index is 10.2. The Labute approximate surface area is 87.6 Å². The Morgan fingerprint density at radius 2 is 2.00 bits per heavy atom. The first kappa shape index (κ1) is 10.9. The molecule has 0 saturated carbocycles. The molecule has 0 aliphatic heterocycles. The van der Waals surface area contributed by atoms with E-state index in [0.717, 1.165) is 5.75 Å². The van der Waals surface area contributed by atoms with Gasteiger partial charge in [-0.25, -0.2) is 0 Å². The topological polar surface area (TPSA) is 37.3 Å². The van der Waals surface area contributed by atoms with Gasteiger partial charge in [-0.2, -0.15) is 0 Å². The molecule has 1 aromatic rings. The van der Waals surface area contributed by atoms with E-state index in [2.05, 4.69) is 0 Å². The molecular formula is C11H12O2S. The molecule has 1 rings (SSSR count). The van der Waals surface area contributed by atoms with E-state index in [0.29, 0.717) is 0 Å². The molecule has 0 bridgehead atoms. The third-order valence-electron chi connectivity index (χ3n) is 1.55. The van der Waals surface area contributed by atoms with E-state index in [1.165, 1.54) is 4.90 Å². The van der Waals surface area contributed by atoms with Crippen molar-refractivity contribution in [1.82, 2.24) is 0 Å². The van der Waals surface area contributed by atoms with E-state index in [9.17, 15) is 4.79 Å². The smallest absolute Gasteiger partial charge is 0.307 e. The summed E-state index contributed by atoms with van der Waals surface area (Å²) in [4.78, 5) is 11.4. The highest BCUT2D eigenvalue weighted by Gasteiger charge is 1.90. The molecule has 0 heterocycles. The molecule has 0 aliphatic rings. The van der Waals surface area contributed by atoms with Crippen LogP contribution in [0.4, 0.5) is 0 Å². The highest BCUT2D eigenvalue weighted by atomic mass is 32.2. The van der Waals surface area contributed by atoms with Crippen molar-refractivity contribution in [1.29, 1.82) is 0 Å². The van der Waals surface area contributed by atoms with Crippen LogP contribution in [0, 0.1) is 0 Å². The van der Waals surface area contributed by atoms with Crippen molar-refractivity contribution in [2.45, 2.75) is 11.3 Å². The highest BCUT2D eigenvalue weighted by Crippen LogP contribution is 2.16. The molecule has 0 aliphatic carbocycles. The molecule has 0 fully saturated rings. The summed E-state index contributed by atoms with van der Waals surface area (Å²) in [6.45, 7) is 0. The predicted molar refractivity (Wildman–Crippen MR) is 58.6 cm³/mol. The van der Waals surface area contributed by atoms with Crippen molar-refractivity contribution in [3.05, 3.63) is 42.5 Å². The van der Waals surface area contributed by atoms with Gasteiger partial charge in [-0.3, -0.25) is 4.79 Å². The maximum atomic E-state index is 10.2. The van der Waals surface area contributed by atoms with Gasteiger partial charge in [-0.1, -0.05) is 30.4 Å². The van der Waals surface area contributed by atoms with Crippen LogP contribution in [0.2, 0.25) is 0 Å². The summed E-state index contributed by atoms with van der Waals surface area (Å²) in [5.74, 6) is 0.0306. The minimum Gasteiger partial charge on any atom is -0.481 e. The summed E-state index contributed by atoms with van der Waals surface area (Å²) in [6, 6.07) is 10.0. The molecule has 0 aromatic heterocycles. The first-order valence-corrected chi connectivity index (χ1v) is 5.32. The molecule has 0 radical (unpaired) electrons. The van der Waals surface area contributed by atoms with Gasteiger partial charge in [-0.15, -0.1) is 11.8 Å². The zero-order valence-corrected chi connectivity index (χ0v) is 8.54. The van der Waals surface area contributed by atoms with E-state index in [4.69, 9.17) is 5.11 Å². The molecule has 0 amide bonds. The number of carboxylic acids is 1. The summed E-state index contributed by atoms with van der Waals surface area (Å²) in [5.41, 5.74) is 0. The lowest BCUT2D eigenvalue weighted by atomic mass is 10.4. The van der Waals surface area contributed by atoms with E-state index < -0.39 is 5.97 Å². The van der Waals surface area contributed by atoms with Gasteiger partial charge in [0.2, 0.25) is 0 Å². The number of hydrogen-bond donors (Lipinski definition) is 1. The van der Waals surface area contributed by atoms with Gasteiger partial charge in [0, 0.05) is 10.6 Å². The van der Waals surface area contributed by atoms with Crippen molar-refractivity contribution in [2.75, 3.05) is 5.75 Å². The Bertz CT molecular complexity index is 306. The Morgan fingerprint density at radius 3 is 2.64 bits per heavy atom. The quantitative estimate of drug-likeness (QED) is 0.597. The monoisotopic (exact) mass is 208 g/mol. The standard InChI is InChI=1S/C11H12O2S/c12-11(13)8-4-5-9-14-10-6-2-1-3-7-10/h1-7H,8-9H2,(H,12,13)/b5-4+. The van der Waals surface area contributed by atoms with Gasteiger partial charge < -0.3 is 5.11 Å². The first-order chi connectivity index (χ1) is 6.79. The molecule has 2 nitrogen and oxygen atoms in total. The van der Waals surface area contributed by atoms with Gasteiger partial charge >= 0.3 is 5.97 Å². The fourth-order valence-corrected chi connectivity index (χ4v) is 1.69. The lowest BCUT2D eigenvalue weighted by Gasteiger charge is -1.95. The third kappa shape index (κ3) is 4.72. The largest absolute Gasteiger partial charge is 0.481 e. The molecular weight excluding hydrogens is 196 g/mol. The van der Waals surface area contributed by atoms with Crippen LogP contribution in [0.5, 0.6) is 0 Å². The number of carboxylic acid groups (broad SMARTS) is 1. The summed E-state index contributed by atoms with van der Waals surface area (Å²) >= 11 is 1.69. The van der Waals surface area contributed by atoms with Crippen LogP contribution >= 0.6 is 11.8 Å². The van der Waals surface area contributed by atoms with Crippen molar-refractivity contribution in [2.24, 2.45) is 0 Å². The van der Waals surface area contributed by atoms with Gasteiger partial charge in [0.15, 0.2) is 0 Å². The molecule has 0 spiro atoms. The summed E-state index contributed by atoms with van der Waals surface area (Å²) < 4.78 is 0. The van der Waals surface area contributed by atoms with Gasteiger partial charge in [0.1, 0.15) is 0 Å².